The van der Waals surface area contributed by atoms with E-state index in [-0.39, 0.29) is 5.91 Å². The van der Waals surface area contributed by atoms with Crippen LogP contribution in [0.25, 0.3) is 0 Å². The maximum absolute atomic E-state index is 10.4. The fourth-order valence-electron chi connectivity index (χ4n) is 0.799. The van der Waals surface area contributed by atoms with Crippen LogP contribution in [0.1, 0.15) is 12.8 Å². The molecule has 0 saturated carbocycles. The number of aliphatic carboxylic acids is 1. The molecule has 0 aromatic heterocycles. The van der Waals surface area contributed by atoms with Gasteiger partial charge in [0.15, 0.2) is 0 Å². The van der Waals surface area contributed by atoms with Crippen LogP contribution in [-0.2, 0) is 9.59 Å². The van der Waals surface area contributed by atoms with Crippen molar-refractivity contribution in [2.24, 2.45) is 5.73 Å². The third-order valence-corrected chi connectivity index (χ3v) is 1.29. The van der Waals surface area contributed by atoms with E-state index in [9.17, 15) is 9.59 Å². The van der Waals surface area contributed by atoms with Crippen LogP contribution in [0, 0.1) is 0 Å². The summed E-state index contributed by atoms with van der Waals surface area (Å²) in [5.41, 5.74) is 4.03. The number of nitrogens with one attached hydrogen (secondary N) is 1. The van der Waals surface area contributed by atoms with Crippen LogP contribution >= 0.6 is 0 Å². The molecule has 1 rings (SSSR count). The van der Waals surface area contributed by atoms with Crippen LogP contribution in [0.4, 0.5) is 4.79 Å². The molecule has 2 amide bonds. The van der Waals surface area contributed by atoms with E-state index in [4.69, 9.17) is 15.0 Å². The summed E-state index contributed by atoms with van der Waals surface area (Å²) in [5, 5.41) is 17.8. The van der Waals surface area contributed by atoms with Gasteiger partial charge < -0.3 is 21.3 Å². The van der Waals surface area contributed by atoms with Crippen molar-refractivity contribution in [3.05, 3.63) is 0 Å². The fourth-order valence-corrected chi connectivity index (χ4v) is 0.799. The third-order valence-electron chi connectivity index (χ3n) is 1.29. The van der Waals surface area contributed by atoms with E-state index in [0.717, 1.165) is 0 Å². The average Bonchev–Trinajstić information content (AvgIpc) is 2.34. The number of hydrogen-bond donors (Lipinski definition) is 4. The number of carboxylic acids is 1. The Morgan fingerprint density at radius 3 is 2.08 bits per heavy atom. The second-order valence-corrected chi connectivity index (χ2v) is 2.34. The maximum Gasteiger partial charge on any atom is 0.402 e. The molecule has 0 spiro atoms. The van der Waals surface area contributed by atoms with Gasteiger partial charge in [0.2, 0.25) is 5.91 Å². The van der Waals surface area contributed by atoms with Gasteiger partial charge in [0, 0.05) is 6.42 Å². The zero-order valence-corrected chi connectivity index (χ0v) is 6.69. The molecule has 0 aromatic rings. The van der Waals surface area contributed by atoms with Gasteiger partial charge in [-0.2, -0.15) is 0 Å². The van der Waals surface area contributed by atoms with E-state index in [2.05, 4.69) is 11.1 Å². The van der Waals surface area contributed by atoms with Crippen LogP contribution in [0.3, 0.4) is 0 Å². The van der Waals surface area contributed by atoms with E-state index in [0.29, 0.717) is 12.8 Å². The maximum atomic E-state index is 10.4. The van der Waals surface area contributed by atoms with Gasteiger partial charge in [0.05, 0.1) is 0 Å². The van der Waals surface area contributed by atoms with Gasteiger partial charge in [-0.3, -0.25) is 4.79 Å². The van der Waals surface area contributed by atoms with Crippen molar-refractivity contribution in [2.45, 2.75) is 18.9 Å². The fraction of sp³-hybridized carbons (Fsp3) is 0.500. The van der Waals surface area contributed by atoms with Gasteiger partial charge in [-0.1, -0.05) is 0 Å². The molecule has 1 aliphatic heterocycles. The summed E-state index contributed by atoms with van der Waals surface area (Å²) in [7, 11) is 0. The Bertz CT molecular complexity index is 223. The Labute approximate surface area is 73.5 Å². The van der Waals surface area contributed by atoms with Gasteiger partial charge >= 0.3 is 12.1 Å². The van der Waals surface area contributed by atoms with Crippen LogP contribution in [-0.4, -0.2) is 34.2 Å². The number of carbonyl (C=O) groups is 3. The van der Waals surface area contributed by atoms with Gasteiger partial charge in [0.1, 0.15) is 6.04 Å². The molecule has 1 heterocycles. The van der Waals surface area contributed by atoms with E-state index < -0.39 is 18.1 Å². The van der Waals surface area contributed by atoms with Gasteiger partial charge in [-0.15, -0.1) is 0 Å². The number of rotatable bonds is 1. The zero-order valence-electron chi connectivity index (χ0n) is 6.69. The van der Waals surface area contributed by atoms with Crippen LogP contribution in [0.15, 0.2) is 0 Å². The molecule has 0 bridgehead atoms. The molecule has 1 aliphatic rings. The second-order valence-electron chi connectivity index (χ2n) is 2.34. The minimum absolute atomic E-state index is 0.164. The summed E-state index contributed by atoms with van der Waals surface area (Å²) in [4.78, 5) is 29.3. The van der Waals surface area contributed by atoms with Gasteiger partial charge in [-0.25, -0.2) is 9.59 Å². The highest BCUT2D eigenvalue weighted by Crippen LogP contribution is 2.05. The molecular weight excluding hydrogens is 180 g/mol. The summed E-state index contributed by atoms with van der Waals surface area (Å²) in [6.45, 7) is 0. The van der Waals surface area contributed by atoms with Crippen molar-refractivity contribution < 1.29 is 24.6 Å². The highest BCUT2D eigenvalue weighted by Gasteiger charge is 2.26. The molecule has 0 unspecified atom stereocenters. The van der Waals surface area contributed by atoms with Crippen molar-refractivity contribution in [3.8, 4) is 0 Å². The molecule has 7 nitrogen and oxygen atoms in total. The topological polar surface area (TPSA) is 130 Å². The van der Waals surface area contributed by atoms with Crippen LogP contribution < -0.4 is 11.1 Å². The molecule has 5 N–H and O–H groups in total. The molecule has 0 aliphatic carbocycles. The Balaban J connectivity index is 0.000000310. The minimum atomic E-state index is -1.33. The van der Waals surface area contributed by atoms with E-state index in [1.54, 1.807) is 0 Å². The Kier molecular flexibility index (Phi) is 4.28. The summed E-state index contributed by atoms with van der Waals surface area (Å²) < 4.78 is 0. The van der Waals surface area contributed by atoms with E-state index in [1.807, 2.05) is 0 Å². The summed E-state index contributed by atoms with van der Waals surface area (Å²) in [5.74, 6) is -1.11. The molecule has 1 fully saturated rings. The predicted octanol–water partition coefficient (Wildman–Crippen LogP) is -1.03. The van der Waals surface area contributed by atoms with Crippen molar-refractivity contribution in [2.75, 3.05) is 0 Å². The Morgan fingerprint density at radius 2 is 1.92 bits per heavy atom. The molecule has 13 heavy (non-hydrogen) atoms. The Hall–Kier alpha value is -1.79. The molecule has 7 heteroatoms. The summed E-state index contributed by atoms with van der Waals surface area (Å²) in [6, 6.07) is -0.641. The highest BCUT2D eigenvalue weighted by molar-refractivity contribution is 5.87. The SMILES string of the molecule is NC(=O)O.O=C1CC[C@@H](C(=O)O)N1. The molecule has 1 atom stereocenters. The molecule has 1 saturated heterocycles. The van der Waals surface area contributed by atoms with Gasteiger partial charge in [0.25, 0.3) is 0 Å². The van der Waals surface area contributed by atoms with Gasteiger partial charge in [-0.05, 0) is 6.42 Å². The lowest BCUT2D eigenvalue weighted by molar-refractivity contribution is -0.140. The quantitative estimate of drug-likeness (QED) is 0.420. The lowest BCUT2D eigenvalue weighted by Crippen LogP contribution is -2.32. The second kappa shape index (κ2) is 4.96. The number of carboxylic acid groups (broad SMARTS) is 2. The highest BCUT2D eigenvalue weighted by atomic mass is 16.4. The number of nitrogens with two attached hydrogens (primary N) is 1. The normalized spacial score (nSPS) is 19.7. The first-order valence-corrected chi connectivity index (χ1v) is 3.44. The van der Waals surface area contributed by atoms with Crippen LogP contribution in [0.5, 0.6) is 0 Å². The van der Waals surface area contributed by atoms with E-state index >= 15 is 0 Å². The summed E-state index contributed by atoms with van der Waals surface area (Å²) in [6.07, 6.45) is -0.564. The first-order valence-electron chi connectivity index (χ1n) is 3.44. The lowest BCUT2D eigenvalue weighted by atomic mass is 10.2. The smallest absolute Gasteiger partial charge is 0.402 e. The van der Waals surface area contributed by atoms with Crippen molar-refractivity contribution >= 4 is 18.0 Å². The largest absolute Gasteiger partial charge is 0.480 e. The minimum Gasteiger partial charge on any atom is -0.480 e. The average molecular weight is 190 g/mol. The van der Waals surface area contributed by atoms with E-state index in [1.165, 1.54) is 0 Å². The number of amides is 2. The molecule has 0 radical (unpaired) electrons. The first-order chi connectivity index (χ1) is 5.93. The summed E-state index contributed by atoms with van der Waals surface area (Å²) >= 11 is 0. The Morgan fingerprint density at radius 1 is 1.46 bits per heavy atom. The first kappa shape index (κ1) is 11.2. The zero-order chi connectivity index (χ0) is 10.4. The number of hydrogen-bond acceptors (Lipinski definition) is 3. The van der Waals surface area contributed by atoms with Crippen molar-refractivity contribution in [1.29, 1.82) is 0 Å². The molecule has 74 valence electrons. The number of primary amides is 1. The van der Waals surface area contributed by atoms with Crippen molar-refractivity contribution in [1.82, 2.24) is 5.32 Å². The molecule has 0 aromatic carbocycles. The number of carbonyl (C=O) groups excluding carboxylic acids is 1. The standard InChI is InChI=1S/C5H7NO3.CH3NO2/c7-4-2-1-3(6-4)5(8)9;2-1(3)4/h3H,1-2H2,(H,6,7)(H,8,9);2H2,(H,3,4)/t3-;/m0./s1. The third kappa shape index (κ3) is 5.48. The monoisotopic (exact) mass is 190 g/mol. The van der Waals surface area contributed by atoms with Crippen molar-refractivity contribution in [3.63, 3.8) is 0 Å². The molecular formula is C6H10N2O5. The predicted molar refractivity (Wildman–Crippen MR) is 41.0 cm³/mol. The lowest BCUT2D eigenvalue weighted by Gasteiger charge is -1.99. The van der Waals surface area contributed by atoms with Crippen LogP contribution in [0.2, 0.25) is 0 Å².